The standard InChI is InChI=1S/C19H20O4/c1-22-16-10-5-9-15(19(18(20)21)11-6-12-19)17(16)23-13-14-7-3-2-4-8-14/h2-5,7-10H,6,11-13H2,1H3,(H,20,21). The van der Waals surface area contributed by atoms with Crippen LogP contribution < -0.4 is 9.47 Å². The van der Waals surface area contributed by atoms with Crippen LogP contribution in [0, 0.1) is 0 Å². The molecular formula is C19H20O4. The molecule has 1 fully saturated rings. The minimum Gasteiger partial charge on any atom is -0.493 e. The number of para-hydroxylation sites is 1. The molecule has 23 heavy (non-hydrogen) atoms. The monoisotopic (exact) mass is 312 g/mol. The number of methoxy groups -OCH3 is 1. The Balaban J connectivity index is 1.95. The SMILES string of the molecule is COc1cccc(C2(C(=O)O)CCC2)c1OCc1ccccc1. The average Bonchev–Trinajstić information content (AvgIpc) is 2.53. The van der Waals surface area contributed by atoms with Crippen molar-refractivity contribution in [1.29, 1.82) is 0 Å². The quantitative estimate of drug-likeness (QED) is 0.882. The molecule has 1 N–H and O–H groups in total. The molecule has 0 radical (unpaired) electrons. The highest BCUT2D eigenvalue weighted by Crippen LogP contribution is 2.49. The van der Waals surface area contributed by atoms with Gasteiger partial charge < -0.3 is 14.6 Å². The maximum Gasteiger partial charge on any atom is 0.314 e. The Morgan fingerprint density at radius 2 is 1.87 bits per heavy atom. The lowest BCUT2D eigenvalue weighted by Crippen LogP contribution is -2.42. The molecule has 0 unspecified atom stereocenters. The Morgan fingerprint density at radius 3 is 2.43 bits per heavy atom. The van der Waals surface area contributed by atoms with E-state index in [4.69, 9.17) is 9.47 Å². The van der Waals surface area contributed by atoms with E-state index in [-0.39, 0.29) is 0 Å². The summed E-state index contributed by atoms with van der Waals surface area (Å²) in [6.45, 7) is 0.379. The van der Waals surface area contributed by atoms with Crippen LogP contribution in [-0.2, 0) is 16.8 Å². The summed E-state index contributed by atoms with van der Waals surface area (Å²) in [7, 11) is 1.57. The zero-order valence-electron chi connectivity index (χ0n) is 13.1. The minimum atomic E-state index is -0.847. The molecule has 0 heterocycles. The van der Waals surface area contributed by atoms with Crippen LogP contribution in [0.5, 0.6) is 11.5 Å². The van der Waals surface area contributed by atoms with Crippen LogP contribution in [0.4, 0.5) is 0 Å². The predicted octanol–water partition coefficient (Wildman–Crippen LogP) is 3.78. The summed E-state index contributed by atoms with van der Waals surface area (Å²) in [4.78, 5) is 11.8. The molecule has 4 heteroatoms. The second-order valence-corrected chi connectivity index (χ2v) is 5.85. The van der Waals surface area contributed by atoms with Crippen molar-refractivity contribution in [2.75, 3.05) is 7.11 Å². The third-order valence-corrected chi connectivity index (χ3v) is 4.56. The number of aliphatic carboxylic acids is 1. The first-order chi connectivity index (χ1) is 11.2. The Morgan fingerprint density at radius 1 is 1.13 bits per heavy atom. The highest BCUT2D eigenvalue weighted by atomic mass is 16.5. The molecule has 0 bridgehead atoms. The van der Waals surface area contributed by atoms with Gasteiger partial charge in [0.15, 0.2) is 11.5 Å². The molecule has 4 nitrogen and oxygen atoms in total. The summed E-state index contributed by atoms with van der Waals surface area (Å²) in [5.41, 5.74) is 0.898. The number of rotatable bonds is 6. The van der Waals surface area contributed by atoms with Crippen molar-refractivity contribution in [3.63, 3.8) is 0 Å². The van der Waals surface area contributed by atoms with Crippen molar-refractivity contribution in [3.8, 4) is 11.5 Å². The van der Waals surface area contributed by atoms with Crippen LogP contribution in [0.3, 0.4) is 0 Å². The molecule has 0 amide bonds. The molecule has 0 aliphatic heterocycles. The average molecular weight is 312 g/mol. The van der Waals surface area contributed by atoms with Gasteiger partial charge in [0, 0.05) is 5.56 Å². The smallest absolute Gasteiger partial charge is 0.314 e. The second kappa shape index (κ2) is 6.32. The van der Waals surface area contributed by atoms with Crippen LogP contribution in [0.15, 0.2) is 48.5 Å². The summed E-state index contributed by atoms with van der Waals surface area (Å²) < 4.78 is 11.4. The van der Waals surface area contributed by atoms with Crippen LogP contribution in [0.2, 0.25) is 0 Å². The van der Waals surface area contributed by atoms with Crippen LogP contribution >= 0.6 is 0 Å². The lowest BCUT2D eigenvalue weighted by molar-refractivity contribution is -0.147. The van der Waals surface area contributed by atoms with Crippen molar-refractivity contribution < 1.29 is 19.4 Å². The topological polar surface area (TPSA) is 55.8 Å². The number of carboxylic acid groups (broad SMARTS) is 1. The fourth-order valence-electron chi connectivity index (χ4n) is 3.06. The molecule has 0 aromatic heterocycles. The second-order valence-electron chi connectivity index (χ2n) is 5.85. The van der Waals surface area contributed by atoms with Gasteiger partial charge >= 0.3 is 5.97 Å². The lowest BCUT2D eigenvalue weighted by Gasteiger charge is -2.39. The number of hydrogen-bond acceptors (Lipinski definition) is 3. The zero-order chi connectivity index (χ0) is 16.3. The predicted molar refractivity (Wildman–Crippen MR) is 86.9 cm³/mol. The van der Waals surface area contributed by atoms with Crippen molar-refractivity contribution in [2.24, 2.45) is 0 Å². The molecule has 1 saturated carbocycles. The molecule has 1 aliphatic rings. The summed E-state index contributed by atoms with van der Waals surface area (Å²) in [5, 5.41) is 9.71. The van der Waals surface area contributed by atoms with Gasteiger partial charge in [-0.1, -0.05) is 48.9 Å². The Labute approximate surface area is 135 Å². The van der Waals surface area contributed by atoms with Gasteiger partial charge in [0.05, 0.1) is 12.5 Å². The Kier molecular flexibility index (Phi) is 4.24. The summed E-state index contributed by atoms with van der Waals surface area (Å²) in [6, 6.07) is 15.3. The van der Waals surface area contributed by atoms with Crippen LogP contribution in [0.25, 0.3) is 0 Å². The maximum atomic E-state index is 11.8. The van der Waals surface area contributed by atoms with Gasteiger partial charge in [0.25, 0.3) is 0 Å². The van der Waals surface area contributed by atoms with Crippen LogP contribution in [0.1, 0.15) is 30.4 Å². The maximum absolute atomic E-state index is 11.8. The molecule has 0 saturated heterocycles. The van der Waals surface area contributed by atoms with E-state index in [1.54, 1.807) is 13.2 Å². The minimum absolute atomic E-state index is 0.379. The van der Waals surface area contributed by atoms with E-state index in [0.717, 1.165) is 12.0 Å². The number of benzene rings is 2. The number of carbonyl (C=O) groups is 1. The highest BCUT2D eigenvalue weighted by molar-refractivity contribution is 5.84. The number of carboxylic acids is 1. The third kappa shape index (κ3) is 2.77. The number of hydrogen-bond donors (Lipinski definition) is 1. The van der Waals surface area contributed by atoms with E-state index >= 15 is 0 Å². The molecule has 0 spiro atoms. The first kappa shape index (κ1) is 15.4. The summed E-state index contributed by atoms with van der Waals surface area (Å²) in [6.07, 6.45) is 2.19. The normalized spacial score (nSPS) is 15.5. The van der Waals surface area contributed by atoms with Gasteiger partial charge in [-0.15, -0.1) is 0 Å². The fraction of sp³-hybridized carbons (Fsp3) is 0.316. The highest BCUT2D eigenvalue weighted by Gasteiger charge is 2.48. The largest absolute Gasteiger partial charge is 0.493 e. The van der Waals surface area contributed by atoms with Gasteiger partial charge in [-0.2, -0.15) is 0 Å². The fourth-order valence-corrected chi connectivity index (χ4v) is 3.06. The van der Waals surface area contributed by atoms with Crippen molar-refractivity contribution >= 4 is 5.97 Å². The van der Waals surface area contributed by atoms with E-state index in [0.29, 0.717) is 36.5 Å². The van der Waals surface area contributed by atoms with Gasteiger partial charge in [-0.3, -0.25) is 4.79 Å². The molecule has 2 aromatic rings. The van der Waals surface area contributed by atoms with Gasteiger partial charge in [0.2, 0.25) is 0 Å². The first-order valence-electron chi connectivity index (χ1n) is 7.75. The van der Waals surface area contributed by atoms with Crippen molar-refractivity contribution in [1.82, 2.24) is 0 Å². The van der Waals surface area contributed by atoms with E-state index in [1.165, 1.54) is 0 Å². The first-order valence-corrected chi connectivity index (χ1v) is 7.75. The Hall–Kier alpha value is -2.49. The third-order valence-electron chi connectivity index (χ3n) is 4.56. The van der Waals surface area contributed by atoms with E-state index in [9.17, 15) is 9.90 Å². The van der Waals surface area contributed by atoms with E-state index in [2.05, 4.69) is 0 Å². The Bertz CT molecular complexity index is 690. The molecule has 3 rings (SSSR count). The van der Waals surface area contributed by atoms with E-state index in [1.807, 2.05) is 42.5 Å². The van der Waals surface area contributed by atoms with Gasteiger partial charge in [-0.05, 0) is 24.5 Å². The lowest BCUT2D eigenvalue weighted by atomic mass is 9.64. The summed E-state index contributed by atoms with van der Waals surface area (Å²) >= 11 is 0. The van der Waals surface area contributed by atoms with Gasteiger partial charge in [0.1, 0.15) is 6.61 Å². The number of ether oxygens (including phenoxy) is 2. The molecule has 120 valence electrons. The molecule has 1 aliphatic carbocycles. The summed E-state index contributed by atoms with van der Waals surface area (Å²) in [5.74, 6) is 0.327. The van der Waals surface area contributed by atoms with Gasteiger partial charge in [-0.25, -0.2) is 0 Å². The zero-order valence-corrected chi connectivity index (χ0v) is 13.1. The molecule has 0 atom stereocenters. The van der Waals surface area contributed by atoms with Crippen molar-refractivity contribution in [3.05, 3.63) is 59.7 Å². The molecular weight excluding hydrogens is 292 g/mol. The van der Waals surface area contributed by atoms with Crippen LogP contribution in [-0.4, -0.2) is 18.2 Å². The molecule has 2 aromatic carbocycles. The van der Waals surface area contributed by atoms with E-state index < -0.39 is 11.4 Å². The van der Waals surface area contributed by atoms with Crippen molar-refractivity contribution in [2.45, 2.75) is 31.3 Å².